The highest BCUT2D eigenvalue weighted by Crippen LogP contribution is 2.30. The van der Waals surface area contributed by atoms with E-state index in [1.54, 1.807) is 0 Å². The lowest BCUT2D eigenvalue weighted by Crippen LogP contribution is -1.91. The summed E-state index contributed by atoms with van der Waals surface area (Å²) in [5, 5.41) is 0. The lowest BCUT2D eigenvalue weighted by molar-refractivity contribution is 1.08. The summed E-state index contributed by atoms with van der Waals surface area (Å²) in [4.78, 5) is 0. The maximum Gasteiger partial charge on any atom is 0.0216 e. The summed E-state index contributed by atoms with van der Waals surface area (Å²) in [6.45, 7) is 2.12. The molecule has 0 saturated carbocycles. The molecule has 0 fully saturated rings. The van der Waals surface area contributed by atoms with Crippen LogP contribution in [0.5, 0.6) is 0 Å². The normalized spacial score (nSPS) is 15.5. The standard InChI is InChI=1S/C12H11Br/c1-9-6-7-12(13)11(8-9)10-4-2-3-5-10/h2-8,10H,1H3. The van der Waals surface area contributed by atoms with Crippen LogP contribution in [0.15, 0.2) is 47.0 Å². The predicted octanol–water partition coefficient (Wildman–Crippen LogP) is 3.97. The molecule has 0 aromatic heterocycles. The number of allylic oxidation sites excluding steroid dienone is 4. The number of aryl methyl sites for hydroxylation is 1. The molecule has 0 N–H and O–H groups in total. The van der Waals surface area contributed by atoms with Crippen molar-refractivity contribution in [1.82, 2.24) is 0 Å². The third kappa shape index (κ3) is 1.75. The Balaban J connectivity index is 2.44. The maximum atomic E-state index is 3.57. The van der Waals surface area contributed by atoms with E-state index >= 15 is 0 Å². The first-order chi connectivity index (χ1) is 6.27. The summed E-state index contributed by atoms with van der Waals surface area (Å²) in [7, 11) is 0. The van der Waals surface area contributed by atoms with Crippen molar-refractivity contribution >= 4 is 15.9 Å². The minimum Gasteiger partial charge on any atom is -0.0732 e. The van der Waals surface area contributed by atoms with E-state index in [1.807, 2.05) is 0 Å². The van der Waals surface area contributed by atoms with Crippen LogP contribution < -0.4 is 0 Å². The topological polar surface area (TPSA) is 0 Å². The van der Waals surface area contributed by atoms with Crippen LogP contribution in [0.4, 0.5) is 0 Å². The van der Waals surface area contributed by atoms with Gasteiger partial charge >= 0.3 is 0 Å². The molecule has 1 aliphatic rings. The smallest absolute Gasteiger partial charge is 0.0216 e. The van der Waals surface area contributed by atoms with Crippen molar-refractivity contribution < 1.29 is 0 Å². The lowest BCUT2D eigenvalue weighted by Gasteiger charge is -2.09. The second-order valence-electron chi connectivity index (χ2n) is 3.32. The van der Waals surface area contributed by atoms with Crippen molar-refractivity contribution in [2.45, 2.75) is 12.8 Å². The third-order valence-electron chi connectivity index (χ3n) is 2.26. The molecule has 0 nitrogen and oxygen atoms in total. The van der Waals surface area contributed by atoms with Crippen LogP contribution in [0.1, 0.15) is 17.0 Å². The van der Waals surface area contributed by atoms with Crippen LogP contribution in [0.2, 0.25) is 0 Å². The van der Waals surface area contributed by atoms with Crippen LogP contribution in [0.3, 0.4) is 0 Å². The molecule has 0 spiro atoms. The summed E-state index contributed by atoms with van der Waals surface area (Å²) in [6, 6.07) is 6.47. The largest absolute Gasteiger partial charge is 0.0732 e. The van der Waals surface area contributed by atoms with Gasteiger partial charge in [-0.05, 0) is 18.6 Å². The van der Waals surface area contributed by atoms with Crippen LogP contribution in [0.25, 0.3) is 0 Å². The fourth-order valence-electron chi connectivity index (χ4n) is 1.56. The Morgan fingerprint density at radius 1 is 1.15 bits per heavy atom. The zero-order valence-electron chi connectivity index (χ0n) is 7.50. The van der Waals surface area contributed by atoms with Gasteiger partial charge in [-0.25, -0.2) is 0 Å². The maximum absolute atomic E-state index is 3.57. The van der Waals surface area contributed by atoms with Crippen molar-refractivity contribution in [2.75, 3.05) is 0 Å². The molecule has 0 heterocycles. The molecule has 0 saturated heterocycles. The molecule has 0 aliphatic heterocycles. The molecule has 0 unspecified atom stereocenters. The van der Waals surface area contributed by atoms with Crippen molar-refractivity contribution in [2.24, 2.45) is 0 Å². The molecular formula is C12H11Br. The Morgan fingerprint density at radius 2 is 1.85 bits per heavy atom. The second-order valence-corrected chi connectivity index (χ2v) is 4.17. The van der Waals surface area contributed by atoms with Crippen molar-refractivity contribution in [3.63, 3.8) is 0 Å². The summed E-state index contributed by atoms with van der Waals surface area (Å²) >= 11 is 3.57. The molecule has 0 amide bonds. The number of hydrogen-bond acceptors (Lipinski definition) is 0. The monoisotopic (exact) mass is 234 g/mol. The Hall–Kier alpha value is -0.820. The zero-order valence-corrected chi connectivity index (χ0v) is 9.08. The first-order valence-corrected chi connectivity index (χ1v) is 5.18. The van der Waals surface area contributed by atoms with Gasteiger partial charge in [0.25, 0.3) is 0 Å². The third-order valence-corrected chi connectivity index (χ3v) is 2.98. The Bertz CT molecular complexity index is 363. The highest BCUT2D eigenvalue weighted by atomic mass is 79.9. The second kappa shape index (κ2) is 3.51. The van der Waals surface area contributed by atoms with Gasteiger partial charge in [0.05, 0.1) is 0 Å². The first kappa shape index (κ1) is 8.76. The van der Waals surface area contributed by atoms with Gasteiger partial charge in [-0.1, -0.05) is 57.9 Å². The molecule has 1 heteroatoms. The van der Waals surface area contributed by atoms with Crippen LogP contribution in [-0.2, 0) is 0 Å². The molecule has 2 rings (SSSR count). The fraction of sp³-hybridized carbons (Fsp3) is 0.167. The molecule has 1 aromatic carbocycles. The van der Waals surface area contributed by atoms with Crippen LogP contribution in [0, 0.1) is 6.92 Å². The van der Waals surface area contributed by atoms with E-state index in [1.165, 1.54) is 15.6 Å². The summed E-state index contributed by atoms with van der Waals surface area (Å²) in [6.07, 6.45) is 8.61. The minimum atomic E-state index is 0.453. The van der Waals surface area contributed by atoms with Gasteiger partial charge in [-0.15, -0.1) is 0 Å². The zero-order chi connectivity index (χ0) is 9.26. The Morgan fingerprint density at radius 3 is 2.54 bits per heavy atom. The van der Waals surface area contributed by atoms with Crippen molar-refractivity contribution in [3.05, 3.63) is 58.1 Å². The first-order valence-electron chi connectivity index (χ1n) is 4.38. The van der Waals surface area contributed by atoms with E-state index in [-0.39, 0.29) is 0 Å². The van der Waals surface area contributed by atoms with Gasteiger partial charge in [0.15, 0.2) is 0 Å². The molecule has 1 aliphatic carbocycles. The average molecular weight is 235 g/mol. The number of benzene rings is 1. The van der Waals surface area contributed by atoms with Crippen LogP contribution in [-0.4, -0.2) is 0 Å². The summed E-state index contributed by atoms with van der Waals surface area (Å²) < 4.78 is 1.19. The molecule has 0 radical (unpaired) electrons. The van der Waals surface area contributed by atoms with Crippen LogP contribution >= 0.6 is 15.9 Å². The van der Waals surface area contributed by atoms with E-state index in [9.17, 15) is 0 Å². The van der Waals surface area contributed by atoms with Gasteiger partial charge < -0.3 is 0 Å². The SMILES string of the molecule is Cc1ccc(Br)c(C2C=CC=C2)c1. The lowest BCUT2D eigenvalue weighted by atomic mass is 9.99. The molecule has 13 heavy (non-hydrogen) atoms. The highest BCUT2D eigenvalue weighted by molar-refractivity contribution is 9.10. The van der Waals surface area contributed by atoms with Gasteiger partial charge in [-0.3, -0.25) is 0 Å². The average Bonchev–Trinajstić information content (AvgIpc) is 2.61. The molecule has 0 bridgehead atoms. The van der Waals surface area contributed by atoms with Crippen molar-refractivity contribution in [3.8, 4) is 0 Å². The Kier molecular flexibility index (Phi) is 2.36. The predicted molar refractivity (Wildman–Crippen MR) is 59.9 cm³/mol. The molecule has 66 valence electrons. The van der Waals surface area contributed by atoms with E-state index in [4.69, 9.17) is 0 Å². The van der Waals surface area contributed by atoms with E-state index < -0.39 is 0 Å². The minimum absolute atomic E-state index is 0.453. The summed E-state index contributed by atoms with van der Waals surface area (Å²) in [5.41, 5.74) is 2.66. The van der Waals surface area contributed by atoms with E-state index in [0.717, 1.165) is 0 Å². The van der Waals surface area contributed by atoms with Gasteiger partial charge in [0, 0.05) is 10.4 Å². The Labute approximate surface area is 87.1 Å². The molecule has 0 atom stereocenters. The van der Waals surface area contributed by atoms with Crippen molar-refractivity contribution in [1.29, 1.82) is 0 Å². The van der Waals surface area contributed by atoms with Gasteiger partial charge in [0.2, 0.25) is 0 Å². The fourth-order valence-corrected chi connectivity index (χ4v) is 2.07. The van der Waals surface area contributed by atoms with E-state index in [2.05, 4.69) is 65.4 Å². The molecule has 1 aromatic rings. The van der Waals surface area contributed by atoms with Gasteiger partial charge in [0.1, 0.15) is 0 Å². The number of rotatable bonds is 1. The molecular weight excluding hydrogens is 224 g/mol. The number of hydrogen-bond donors (Lipinski definition) is 0. The number of halogens is 1. The highest BCUT2D eigenvalue weighted by Gasteiger charge is 2.10. The summed E-state index contributed by atoms with van der Waals surface area (Å²) in [5.74, 6) is 0.453. The van der Waals surface area contributed by atoms with Gasteiger partial charge in [-0.2, -0.15) is 0 Å². The quantitative estimate of drug-likeness (QED) is 0.690. The van der Waals surface area contributed by atoms with E-state index in [0.29, 0.717) is 5.92 Å².